The molecule has 0 amide bonds. The van der Waals surface area contributed by atoms with E-state index in [0.717, 1.165) is 36.9 Å². The number of hydrogen-bond acceptors (Lipinski definition) is 5. The van der Waals surface area contributed by atoms with Gasteiger partial charge in [-0.05, 0) is 38.3 Å². The van der Waals surface area contributed by atoms with Crippen LogP contribution in [0.25, 0.3) is 10.9 Å². The highest BCUT2D eigenvalue weighted by Crippen LogP contribution is 2.24. The van der Waals surface area contributed by atoms with Gasteiger partial charge in [0.05, 0.1) is 30.0 Å². The van der Waals surface area contributed by atoms with Crippen LogP contribution in [0.4, 0.5) is 5.69 Å². The van der Waals surface area contributed by atoms with Crippen molar-refractivity contribution in [1.29, 1.82) is 0 Å². The fraction of sp³-hybridized carbons (Fsp3) is 0.368. The molecular weight excluding hydrogens is 364 g/mol. The maximum absolute atomic E-state index is 12.9. The van der Waals surface area contributed by atoms with E-state index in [0.29, 0.717) is 17.7 Å². The van der Waals surface area contributed by atoms with Gasteiger partial charge in [0.25, 0.3) is 10.0 Å². The second kappa shape index (κ2) is 7.28. The van der Waals surface area contributed by atoms with Crippen LogP contribution in [0.2, 0.25) is 0 Å². The molecule has 0 spiro atoms. The highest BCUT2D eigenvalue weighted by atomic mass is 32.2. The van der Waals surface area contributed by atoms with Crippen molar-refractivity contribution in [2.24, 2.45) is 0 Å². The van der Waals surface area contributed by atoms with Gasteiger partial charge < -0.3 is 4.74 Å². The van der Waals surface area contributed by atoms with Crippen molar-refractivity contribution in [3.8, 4) is 0 Å². The number of fused-ring (bicyclic) bond motifs is 1. The molecule has 1 aromatic carbocycles. The van der Waals surface area contributed by atoms with Gasteiger partial charge in [-0.3, -0.25) is 14.4 Å². The number of nitrogens with zero attached hydrogens (tertiary/aromatic N) is 3. The summed E-state index contributed by atoms with van der Waals surface area (Å²) in [5.74, 6) is 0. The number of benzene rings is 1. The summed E-state index contributed by atoms with van der Waals surface area (Å²) in [6.45, 7) is 3.24. The summed E-state index contributed by atoms with van der Waals surface area (Å²) in [6.07, 6.45) is 6.59. The summed E-state index contributed by atoms with van der Waals surface area (Å²) in [5, 5.41) is 5.04. The minimum atomic E-state index is -3.77. The fourth-order valence-electron chi connectivity index (χ4n) is 3.32. The molecule has 8 heteroatoms. The minimum absolute atomic E-state index is 0.133. The van der Waals surface area contributed by atoms with E-state index in [1.165, 1.54) is 6.20 Å². The molecule has 1 saturated heterocycles. The van der Waals surface area contributed by atoms with Gasteiger partial charge in [-0.25, -0.2) is 8.42 Å². The van der Waals surface area contributed by atoms with Gasteiger partial charge in [0.15, 0.2) is 0 Å². The number of pyridine rings is 1. The number of sulfonamides is 1. The van der Waals surface area contributed by atoms with Crippen LogP contribution >= 0.6 is 0 Å². The molecule has 0 saturated carbocycles. The molecule has 7 nitrogen and oxygen atoms in total. The lowest BCUT2D eigenvalue weighted by molar-refractivity contribution is 0.00401. The smallest absolute Gasteiger partial charge is 0.264 e. The lowest BCUT2D eigenvalue weighted by Gasteiger charge is -2.22. The largest absolute Gasteiger partial charge is 0.376 e. The van der Waals surface area contributed by atoms with Crippen molar-refractivity contribution in [1.82, 2.24) is 14.8 Å². The number of aromatic nitrogens is 3. The Morgan fingerprint density at radius 3 is 2.96 bits per heavy atom. The van der Waals surface area contributed by atoms with Crippen LogP contribution in [0.15, 0.2) is 47.6 Å². The molecule has 4 rings (SSSR count). The van der Waals surface area contributed by atoms with Crippen molar-refractivity contribution in [2.75, 3.05) is 11.3 Å². The van der Waals surface area contributed by atoms with E-state index in [1.54, 1.807) is 23.0 Å². The molecule has 142 valence electrons. The number of anilines is 1. The monoisotopic (exact) mass is 386 g/mol. The van der Waals surface area contributed by atoms with E-state index in [4.69, 9.17) is 4.74 Å². The summed E-state index contributed by atoms with van der Waals surface area (Å²) in [6, 6.07) is 8.88. The molecule has 3 aromatic rings. The zero-order chi connectivity index (χ0) is 18.9. The molecule has 1 aliphatic rings. The van der Waals surface area contributed by atoms with E-state index < -0.39 is 10.0 Å². The van der Waals surface area contributed by atoms with E-state index >= 15 is 0 Å². The first-order chi connectivity index (χ1) is 13.0. The van der Waals surface area contributed by atoms with Crippen LogP contribution in [-0.4, -0.2) is 35.9 Å². The molecule has 3 heterocycles. The summed E-state index contributed by atoms with van der Waals surface area (Å²) >= 11 is 0. The molecule has 1 N–H and O–H groups in total. The predicted octanol–water partition coefficient (Wildman–Crippen LogP) is 3.11. The summed E-state index contributed by atoms with van der Waals surface area (Å²) in [4.78, 5) is 4.57. The van der Waals surface area contributed by atoms with Gasteiger partial charge in [0.2, 0.25) is 0 Å². The highest BCUT2D eigenvalue weighted by Gasteiger charge is 2.20. The zero-order valence-electron chi connectivity index (χ0n) is 15.1. The third-order valence-electron chi connectivity index (χ3n) is 4.66. The predicted molar refractivity (Wildman–Crippen MR) is 103 cm³/mol. The van der Waals surface area contributed by atoms with Gasteiger partial charge in [-0.2, -0.15) is 5.10 Å². The number of aryl methyl sites for hydroxylation is 1. The number of ether oxygens (including phenoxy) is 1. The van der Waals surface area contributed by atoms with E-state index in [-0.39, 0.29) is 11.0 Å². The molecule has 1 fully saturated rings. The van der Waals surface area contributed by atoms with Crippen LogP contribution in [-0.2, 0) is 21.3 Å². The first-order valence-electron chi connectivity index (χ1n) is 9.04. The third-order valence-corrected chi connectivity index (χ3v) is 6.08. The Hall–Kier alpha value is -2.45. The minimum Gasteiger partial charge on any atom is -0.376 e. The van der Waals surface area contributed by atoms with E-state index in [9.17, 15) is 8.42 Å². The average Bonchev–Trinajstić information content (AvgIpc) is 3.08. The second-order valence-electron chi connectivity index (χ2n) is 6.83. The Morgan fingerprint density at radius 1 is 1.26 bits per heavy atom. The average molecular weight is 386 g/mol. The van der Waals surface area contributed by atoms with Gasteiger partial charge in [-0.1, -0.05) is 18.2 Å². The Kier molecular flexibility index (Phi) is 4.84. The third kappa shape index (κ3) is 3.96. The molecule has 0 aliphatic carbocycles. The van der Waals surface area contributed by atoms with Crippen LogP contribution < -0.4 is 4.72 Å². The van der Waals surface area contributed by atoms with Gasteiger partial charge in [0, 0.05) is 23.9 Å². The van der Waals surface area contributed by atoms with Crippen molar-refractivity contribution in [2.45, 2.75) is 43.7 Å². The number of para-hydroxylation sites is 1. The van der Waals surface area contributed by atoms with E-state index in [2.05, 4.69) is 14.8 Å². The van der Waals surface area contributed by atoms with Gasteiger partial charge in [-0.15, -0.1) is 0 Å². The molecular formula is C19H22N4O3S. The topological polar surface area (TPSA) is 86.1 Å². The van der Waals surface area contributed by atoms with Gasteiger partial charge in [0.1, 0.15) is 4.90 Å². The molecule has 2 aromatic heterocycles. The van der Waals surface area contributed by atoms with Crippen molar-refractivity contribution >= 4 is 26.6 Å². The Morgan fingerprint density at radius 2 is 2.15 bits per heavy atom. The van der Waals surface area contributed by atoms with Crippen LogP contribution in [0.5, 0.6) is 0 Å². The summed E-state index contributed by atoms with van der Waals surface area (Å²) in [7, 11) is -3.77. The second-order valence-corrected chi connectivity index (χ2v) is 8.48. The Balaban J connectivity index is 1.56. The van der Waals surface area contributed by atoms with Crippen LogP contribution in [0.3, 0.4) is 0 Å². The number of hydrogen-bond donors (Lipinski definition) is 1. The normalized spacial score (nSPS) is 17.9. The SMILES string of the molecule is Cc1ccc2cccc(S(=O)(=O)Nc3cnn(CC4CCCCO4)c3)c2n1. The zero-order valence-corrected chi connectivity index (χ0v) is 15.9. The van der Waals surface area contributed by atoms with Crippen molar-refractivity contribution in [3.05, 3.63) is 48.4 Å². The lowest BCUT2D eigenvalue weighted by Crippen LogP contribution is -2.24. The fourth-order valence-corrected chi connectivity index (χ4v) is 4.52. The first kappa shape index (κ1) is 17.9. The summed E-state index contributed by atoms with van der Waals surface area (Å²) in [5.41, 5.74) is 1.66. The van der Waals surface area contributed by atoms with Crippen molar-refractivity contribution < 1.29 is 13.2 Å². The van der Waals surface area contributed by atoms with Crippen LogP contribution in [0, 0.1) is 6.92 Å². The quantitative estimate of drug-likeness (QED) is 0.728. The first-order valence-corrected chi connectivity index (χ1v) is 10.5. The molecule has 1 aliphatic heterocycles. The molecule has 1 atom stereocenters. The standard InChI is InChI=1S/C19H22N4O3S/c1-14-8-9-15-5-4-7-18(19(15)21-14)27(24,25)22-16-11-20-23(12-16)13-17-6-2-3-10-26-17/h4-5,7-9,11-12,17,22H,2-3,6,10,13H2,1H3. The van der Waals surface area contributed by atoms with Gasteiger partial charge >= 0.3 is 0 Å². The lowest BCUT2D eigenvalue weighted by atomic mass is 10.1. The molecule has 0 radical (unpaired) electrons. The van der Waals surface area contributed by atoms with E-state index in [1.807, 2.05) is 25.1 Å². The maximum atomic E-state index is 12.9. The summed E-state index contributed by atoms with van der Waals surface area (Å²) < 4.78 is 35.9. The molecule has 0 bridgehead atoms. The maximum Gasteiger partial charge on any atom is 0.264 e. The van der Waals surface area contributed by atoms with Crippen LogP contribution in [0.1, 0.15) is 25.0 Å². The molecule has 1 unspecified atom stereocenters. The highest BCUT2D eigenvalue weighted by molar-refractivity contribution is 7.93. The number of nitrogens with one attached hydrogen (secondary N) is 1. The number of rotatable bonds is 5. The Labute approximate surface area is 158 Å². The van der Waals surface area contributed by atoms with Crippen molar-refractivity contribution in [3.63, 3.8) is 0 Å². The Bertz CT molecular complexity index is 1060. The molecule has 27 heavy (non-hydrogen) atoms.